The van der Waals surface area contributed by atoms with Gasteiger partial charge in [-0.25, -0.2) is 8.78 Å². The number of carbonyl (C=O) groups is 2. The Morgan fingerprint density at radius 2 is 1.87 bits per heavy atom. The van der Waals surface area contributed by atoms with Gasteiger partial charge in [0, 0.05) is 31.3 Å². The third kappa shape index (κ3) is 5.65. The number of rotatable bonds is 8. The van der Waals surface area contributed by atoms with Crippen LogP contribution >= 0.6 is 0 Å². The highest BCUT2D eigenvalue weighted by Crippen LogP contribution is 2.30. The summed E-state index contributed by atoms with van der Waals surface area (Å²) in [4.78, 5) is 25.8. The number of nitrogens with one attached hydrogen (secondary N) is 1. The predicted octanol–water partition coefficient (Wildman–Crippen LogP) is 3.29. The van der Waals surface area contributed by atoms with E-state index in [1.54, 1.807) is 6.07 Å². The van der Waals surface area contributed by atoms with Crippen LogP contribution in [0.4, 0.5) is 23.2 Å². The third-order valence-electron chi connectivity index (χ3n) is 4.81. The summed E-state index contributed by atoms with van der Waals surface area (Å²) in [5.74, 6) is -3.05. The summed E-state index contributed by atoms with van der Waals surface area (Å²) in [5.41, 5.74) is 0.693. The Kier molecular flexibility index (Phi) is 6.98. The summed E-state index contributed by atoms with van der Waals surface area (Å²) < 4.78 is 61.3. The number of alkyl halides is 2. The molecular formula is C21H20F4N2O4. The van der Waals surface area contributed by atoms with Gasteiger partial charge in [0.05, 0.1) is 13.0 Å². The number of nitrogens with zero attached hydrogens (tertiary/aromatic N) is 1. The monoisotopic (exact) mass is 440 g/mol. The maximum absolute atomic E-state index is 13.4. The van der Waals surface area contributed by atoms with Crippen molar-refractivity contribution >= 4 is 17.5 Å². The zero-order chi connectivity index (χ0) is 22.5. The minimum absolute atomic E-state index is 0.00245. The Morgan fingerprint density at radius 3 is 2.52 bits per heavy atom. The first-order valence-corrected chi connectivity index (χ1v) is 9.42. The number of hydrogen-bond acceptors (Lipinski definition) is 4. The van der Waals surface area contributed by atoms with Crippen LogP contribution in [0.5, 0.6) is 11.5 Å². The maximum Gasteiger partial charge on any atom is 0.387 e. The lowest BCUT2D eigenvalue weighted by Crippen LogP contribution is -2.34. The van der Waals surface area contributed by atoms with E-state index in [1.807, 2.05) is 0 Å². The summed E-state index contributed by atoms with van der Waals surface area (Å²) in [5, 5.41) is 2.69. The summed E-state index contributed by atoms with van der Waals surface area (Å²) >= 11 is 0. The van der Waals surface area contributed by atoms with Gasteiger partial charge in [0.15, 0.2) is 11.5 Å². The zero-order valence-electron chi connectivity index (χ0n) is 16.5. The molecule has 2 aromatic carbocycles. The molecule has 0 aromatic heterocycles. The lowest BCUT2D eigenvalue weighted by Gasteiger charge is -2.17. The Hall–Kier alpha value is -3.30. The van der Waals surface area contributed by atoms with Crippen LogP contribution in [0.25, 0.3) is 0 Å². The first-order valence-electron chi connectivity index (χ1n) is 9.42. The molecule has 31 heavy (non-hydrogen) atoms. The van der Waals surface area contributed by atoms with Crippen LogP contribution in [0, 0.1) is 17.6 Å². The van der Waals surface area contributed by atoms with Crippen molar-refractivity contribution in [3.05, 3.63) is 53.6 Å². The van der Waals surface area contributed by atoms with Gasteiger partial charge in [0.2, 0.25) is 11.8 Å². The van der Waals surface area contributed by atoms with Crippen molar-refractivity contribution in [1.82, 2.24) is 5.32 Å². The Labute approximate surface area is 175 Å². The average molecular weight is 440 g/mol. The van der Waals surface area contributed by atoms with Crippen molar-refractivity contribution in [2.75, 3.05) is 25.1 Å². The van der Waals surface area contributed by atoms with Crippen LogP contribution < -0.4 is 19.7 Å². The molecule has 2 aromatic rings. The molecule has 0 radical (unpaired) electrons. The summed E-state index contributed by atoms with van der Waals surface area (Å²) in [6.45, 7) is -2.81. The molecule has 0 spiro atoms. The second-order valence-electron chi connectivity index (χ2n) is 6.94. The number of hydrogen-bond donors (Lipinski definition) is 1. The molecule has 1 heterocycles. The van der Waals surface area contributed by atoms with Gasteiger partial charge in [-0.2, -0.15) is 8.78 Å². The molecule has 1 unspecified atom stereocenters. The molecule has 0 bridgehead atoms. The third-order valence-corrected chi connectivity index (χ3v) is 4.81. The smallest absolute Gasteiger partial charge is 0.387 e. The molecule has 166 valence electrons. The minimum atomic E-state index is -3.00. The second-order valence-corrected chi connectivity index (χ2v) is 6.94. The van der Waals surface area contributed by atoms with Crippen molar-refractivity contribution in [3.8, 4) is 11.5 Å². The Balaban J connectivity index is 1.56. The molecule has 3 rings (SSSR count). The van der Waals surface area contributed by atoms with Crippen LogP contribution in [-0.2, 0) is 16.0 Å². The van der Waals surface area contributed by atoms with E-state index in [0.717, 1.165) is 12.1 Å². The fourth-order valence-corrected chi connectivity index (χ4v) is 3.37. The number of halogens is 4. The molecule has 6 nitrogen and oxygen atoms in total. The first kappa shape index (κ1) is 22.4. The number of amides is 2. The normalized spacial score (nSPS) is 16.0. The molecule has 1 N–H and O–H groups in total. The highest BCUT2D eigenvalue weighted by molar-refractivity contribution is 6.00. The molecular weight excluding hydrogens is 420 g/mol. The number of benzene rings is 2. The highest BCUT2D eigenvalue weighted by atomic mass is 19.3. The van der Waals surface area contributed by atoms with Crippen molar-refractivity contribution < 1.29 is 36.6 Å². The van der Waals surface area contributed by atoms with E-state index in [9.17, 15) is 27.2 Å². The minimum Gasteiger partial charge on any atom is -0.493 e. The molecule has 1 fully saturated rings. The molecule has 1 aliphatic heterocycles. The van der Waals surface area contributed by atoms with Crippen molar-refractivity contribution in [2.45, 2.75) is 19.5 Å². The standard InChI is InChI=1S/C21H20F4N2O4/c1-30-17-3-2-12(6-18(17)31-21(24)25)4-5-26-20(29)13-7-19(28)27(11-13)16-9-14(22)8-15(23)10-16/h2-3,6,8-10,13,21H,4-5,7,11H2,1H3,(H,26,29). The second kappa shape index (κ2) is 9.67. The lowest BCUT2D eigenvalue weighted by atomic mass is 10.1. The van der Waals surface area contributed by atoms with Crippen LogP contribution in [-0.4, -0.2) is 38.6 Å². The number of anilines is 1. The molecule has 0 aliphatic carbocycles. The van der Waals surface area contributed by atoms with E-state index in [2.05, 4.69) is 10.1 Å². The average Bonchev–Trinajstić information content (AvgIpc) is 3.09. The van der Waals surface area contributed by atoms with Gasteiger partial charge in [-0.1, -0.05) is 6.07 Å². The van der Waals surface area contributed by atoms with E-state index in [4.69, 9.17) is 4.74 Å². The summed E-state index contributed by atoms with van der Waals surface area (Å²) in [6, 6.07) is 7.30. The Bertz CT molecular complexity index is 950. The van der Waals surface area contributed by atoms with Gasteiger partial charge in [0.1, 0.15) is 11.6 Å². The van der Waals surface area contributed by atoms with Crippen molar-refractivity contribution in [3.63, 3.8) is 0 Å². The zero-order valence-corrected chi connectivity index (χ0v) is 16.5. The summed E-state index contributed by atoms with van der Waals surface area (Å²) in [7, 11) is 1.33. The molecule has 1 saturated heterocycles. The van der Waals surface area contributed by atoms with E-state index in [0.29, 0.717) is 18.1 Å². The topological polar surface area (TPSA) is 67.9 Å². The van der Waals surface area contributed by atoms with E-state index in [-0.39, 0.29) is 42.6 Å². The SMILES string of the molecule is COc1ccc(CCNC(=O)C2CC(=O)N(c3cc(F)cc(F)c3)C2)cc1OC(F)F. The number of carbonyl (C=O) groups excluding carboxylic acids is 2. The molecule has 10 heteroatoms. The van der Waals surface area contributed by atoms with Gasteiger partial charge in [0.25, 0.3) is 0 Å². The van der Waals surface area contributed by atoms with Crippen molar-refractivity contribution in [2.24, 2.45) is 5.92 Å². The van der Waals surface area contributed by atoms with Crippen LogP contribution in [0.15, 0.2) is 36.4 Å². The van der Waals surface area contributed by atoms with E-state index in [1.165, 1.54) is 24.1 Å². The van der Waals surface area contributed by atoms with Crippen LogP contribution in [0.1, 0.15) is 12.0 Å². The highest BCUT2D eigenvalue weighted by Gasteiger charge is 2.35. The molecule has 0 saturated carbocycles. The van der Waals surface area contributed by atoms with Crippen LogP contribution in [0.2, 0.25) is 0 Å². The predicted molar refractivity (Wildman–Crippen MR) is 103 cm³/mol. The van der Waals surface area contributed by atoms with E-state index >= 15 is 0 Å². The quantitative estimate of drug-likeness (QED) is 0.640. The number of ether oxygens (including phenoxy) is 2. The number of methoxy groups -OCH3 is 1. The van der Waals surface area contributed by atoms with Gasteiger partial charge in [-0.3, -0.25) is 9.59 Å². The largest absolute Gasteiger partial charge is 0.493 e. The summed E-state index contributed by atoms with van der Waals surface area (Å²) in [6.07, 6.45) is 0.244. The Morgan fingerprint density at radius 1 is 1.16 bits per heavy atom. The van der Waals surface area contributed by atoms with Gasteiger partial charge in [-0.15, -0.1) is 0 Å². The first-order chi connectivity index (χ1) is 14.8. The lowest BCUT2D eigenvalue weighted by molar-refractivity contribution is -0.126. The van der Waals surface area contributed by atoms with Gasteiger partial charge >= 0.3 is 6.61 Å². The van der Waals surface area contributed by atoms with E-state index < -0.39 is 30.1 Å². The molecule has 1 aliphatic rings. The maximum atomic E-state index is 13.4. The molecule has 1 atom stereocenters. The van der Waals surface area contributed by atoms with Crippen LogP contribution in [0.3, 0.4) is 0 Å². The molecule has 2 amide bonds. The van der Waals surface area contributed by atoms with Gasteiger partial charge < -0.3 is 19.7 Å². The van der Waals surface area contributed by atoms with Gasteiger partial charge in [-0.05, 0) is 36.2 Å². The van der Waals surface area contributed by atoms with Crippen molar-refractivity contribution in [1.29, 1.82) is 0 Å². The fraction of sp³-hybridized carbons (Fsp3) is 0.333. The fourth-order valence-electron chi connectivity index (χ4n) is 3.37.